The third kappa shape index (κ3) is 1.39. The van der Waals surface area contributed by atoms with Crippen LogP contribution in [0.1, 0.15) is 18.2 Å². The van der Waals surface area contributed by atoms with Gasteiger partial charge in [0, 0.05) is 5.39 Å². The number of rotatable bonds is 1. The Bertz CT molecular complexity index is 435. The summed E-state index contributed by atoms with van der Waals surface area (Å²) in [4.78, 5) is 8.48. The highest BCUT2D eigenvalue weighted by Gasteiger charge is 2.00. The largest absolute Gasteiger partial charge is 0.241 e. The van der Waals surface area contributed by atoms with E-state index in [2.05, 4.69) is 35.9 Å². The average Bonchev–Trinajstić information content (AvgIpc) is 2.17. The van der Waals surface area contributed by atoms with Gasteiger partial charge in [-0.25, -0.2) is 9.97 Å². The second-order valence-electron chi connectivity index (χ2n) is 3.19. The van der Waals surface area contributed by atoms with Gasteiger partial charge in [0.2, 0.25) is 0 Å². The normalized spacial score (nSPS) is 10.6. The molecule has 0 spiro atoms. The number of nitrogens with zero attached hydrogens (tertiary/aromatic N) is 2. The molecule has 2 aromatic rings. The first-order valence-electron chi connectivity index (χ1n) is 4.51. The third-order valence-electron chi connectivity index (χ3n) is 2.21. The molecule has 2 heteroatoms. The lowest BCUT2D eigenvalue weighted by atomic mass is 10.1. The van der Waals surface area contributed by atoms with E-state index >= 15 is 0 Å². The summed E-state index contributed by atoms with van der Waals surface area (Å²) in [6.45, 7) is 4.20. The second kappa shape index (κ2) is 3.13. The van der Waals surface area contributed by atoms with E-state index in [1.165, 1.54) is 10.9 Å². The first kappa shape index (κ1) is 8.17. The minimum absolute atomic E-state index is 0.961. The van der Waals surface area contributed by atoms with Crippen LogP contribution < -0.4 is 0 Å². The van der Waals surface area contributed by atoms with Gasteiger partial charge in [-0.1, -0.05) is 18.6 Å². The maximum absolute atomic E-state index is 4.26. The first-order valence-corrected chi connectivity index (χ1v) is 4.51. The molecule has 0 aliphatic rings. The summed E-state index contributed by atoms with van der Waals surface area (Å²) in [5, 5.41) is 1.19. The van der Waals surface area contributed by atoms with Crippen molar-refractivity contribution in [3.05, 3.63) is 35.8 Å². The zero-order chi connectivity index (χ0) is 9.26. The highest BCUT2D eigenvalue weighted by molar-refractivity contribution is 5.81. The van der Waals surface area contributed by atoms with Gasteiger partial charge in [-0.3, -0.25) is 0 Å². The van der Waals surface area contributed by atoms with Gasteiger partial charge in [-0.2, -0.15) is 0 Å². The van der Waals surface area contributed by atoms with Crippen LogP contribution in [-0.2, 0) is 6.42 Å². The summed E-state index contributed by atoms with van der Waals surface area (Å²) in [6.07, 6.45) is 2.60. The molecule has 1 aromatic carbocycles. The molecule has 0 fully saturated rings. The van der Waals surface area contributed by atoms with Crippen LogP contribution in [0.15, 0.2) is 24.5 Å². The van der Waals surface area contributed by atoms with Crippen LogP contribution >= 0.6 is 0 Å². The SMILES string of the molecule is CCc1ncnc2ccc(C)cc12. The molecule has 0 saturated carbocycles. The lowest BCUT2D eigenvalue weighted by molar-refractivity contribution is 1.03. The van der Waals surface area contributed by atoms with Crippen molar-refractivity contribution in [1.82, 2.24) is 9.97 Å². The number of hydrogen-bond acceptors (Lipinski definition) is 2. The fraction of sp³-hybridized carbons (Fsp3) is 0.273. The van der Waals surface area contributed by atoms with E-state index in [9.17, 15) is 0 Å². The van der Waals surface area contributed by atoms with Crippen molar-refractivity contribution in [1.29, 1.82) is 0 Å². The van der Waals surface area contributed by atoms with Gasteiger partial charge in [0.15, 0.2) is 0 Å². The van der Waals surface area contributed by atoms with Gasteiger partial charge in [-0.05, 0) is 25.5 Å². The van der Waals surface area contributed by atoms with Crippen LogP contribution in [0.25, 0.3) is 10.9 Å². The summed E-state index contributed by atoms with van der Waals surface area (Å²) in [5.74, 6) is 0. The molecule has 0 saturated heterocycles. The molecule has 13 heavy (non-hydrogen) atoms. The molecule has 0 unspecified atom stereocenters. The lowest BCUT2D eigenvalue weighted by Crippen LogP contribution is -1.91. The van der Waals surface area contributed by atoms with Crippen molar-refractivity contribution in [3.8, 4) is 0 Å². The molecule has 0 aliphatic carbocycles. The van der Waals surface area contributed by atoms with Gasteiger partial charge >= 0.3 is 0 Å². The zero-order valence-corrected chi connectivity index (χ0v) is 7.91. The maximum Gasteiger partial charge on any atom is 0.116 e. The monoisotopic (exact) mass is 172 g/mol. The summed E-state index contributed by atoms with van der Waals surface area (Å²) in [7, 11) is 0. The number of benzene rings is 1. The van der Waals surface area contributed by atoms with E-state index in [1.54, 1.807) is 6.33 Å². The molecule has 0 atom stereocenters. The van der Waals surface area contributed by atoms with Gasteiger partial charge in [0.1, 0.15) is 6.33 Å². The van der Waals surface area contributed by atoms with Crippen LogP contribution in [0, 0.1) is 6.92 Å². The fourth-order valence-corrected chi connectivity index (χ4v) is 1.51. The molecular formula is C11H12N2. The molecular weight excluding hydrogens is 160 g/mol. The minimum atomic E-state index is 0.961. The van der Waals surface area contributed by atoms with Crippen LogP contribution in [-0.4, -0.2) is 9.97 Å². The number of hydrogen-bond donors (Lipinski definition) is 0. The van der Waals surface area contributed by atoms with E-state index in [0.29, 0.717) is 0 Å². The first-order chi connectivity index (χ1) is 6.31. The predicted octanol–water partition coefficient (Wildman–Crippen LogP) is 2.50. The van der Waals surface area contributed by atoms with E-state index in [1.807, 2.05) is 6.07 Å². The van der Waals surface area contributed by atoms with E-state index < -0.39 is 0 Å². The highest BCUT2D eigenvalue weighted by Crippen LogP contribution is 2.16. The summed E-state index contributed by atoms with van der Waals surface area (Å²) >= 11 is 0. The average molecular weight is 172 g/mol. The Balaban J connectivity index is 2.79. The molecule has 1 heterocycles. The Kier molecular flexibility index (Phi) is 1.97. The Morgan fingerprint density at radius 1 is 1.23 bits per heavy atom. The van der Waals surface area contributed by atoms with Crippen LogP contribution in [0.5, 0.6) is 0 Å². The third-order valence-corrected chi connectivity index (χ3v) is 2.21. The summed E-state index contributed by atoms with van der Waals surface area (Å²) in [5.41, 5.74) is 3.43. The Labute approximate surface area is 77.6 Å². The summed E-state index contributed by atoms with van der Waals surface area (Å²) < 4.78 is 0. The molecule has 2 nitrogen and oxygen atoms in total. The van der Waals surface area contributed by atoms with Crippen molar-refractivity contribution < 1.29 is 0 Å². The van der Waals surface area contributed by atoms with Crippen molar-refractivity contribution in [2.45, 2.75) is 20.3 Å². The van der Waals surface area contributed by atoms with Crippen molar-refractivity contribution >= 4 is 10.9 Å². The van der Waals surface area contributed by atoms with E-state index in [0.717, 1.165) is 17.6 Å². The maximum atomic E-state index is 4.26. The smallest absolute Gasteiger partial charge is 0.116 e. The number of aryl methyl sites for hydroxylation is 2. The highest BCUT2D eigenvalue weighted by atomic mass is 14.8. The molecule has 0 amide bonds. The van der Waals surface area contributed by atoms with Crippen LogP contribution in [0.4, 0.5) is 0 Å². The van der Waals surface area contributed by atoms with Crippen LogP contribution in [0.2, 0.25) is 0 Å². The second-order valence-corrected chi connectivity index (χ2v) is 3.19. The molecule has 0 aliphatic heterocycles. The fourth-order valence-electron chi connectivity index (χ4n) is 1.51. The number of aromatic nitrogens is 2. The minimum Gasteiger partial charge on any atom is -0.241 e. The van der Waals surface area contributed by atoms with Gasteiger partial charge in [0.25, 0.3) is 0 Å². The molecule has 1 aromatic heterocycles. The molecule has 2 rings (SSSR count). The van der Waals surface area contributed by atoms with Crippen LogP contribution in [0.3, 0.4) is 0 Å². The topological polar surface area (TPSA) is 25.8 Å². The van der Waals surface area contributed by atoms with Gasteiger partial charge in [-0.15, -0.1) is 0 Å². The van der Waals surface area contributed by atoms with E-state index in [-0.39, 0.29) is 0 Å². The Morgan fingerprint density at radius 3 is 2.85 bits per heavy atom. The predicted molar refractivity (Wildman–Crippen MR) is 53.7 cm³/mol. The Morgan fingerprint density at radius 2 is 2.08 bits per heavy atom. The molecule has 0 radical (unpaired) electrons. The standard InChI is InChI=1S/C11H12N2/c1-3-10-9-6-8(2)4-5-11(9)13-7-12-10/h4-7H,3H2,1-2H3. The molecule has 0 N–H and O–H groups in total. The van der Waals surface area contributed by atoms with Gasteiger partial charge < -0.3 is 0 Å². The van der Waals surface area contributed by atoms with Crippen molar-refractivity contribution in [3.63, 3.8) is 0 Å². The summed E-state index contributed by atoms with van der Waals surface area (Å²) in [6, 6.07) is 6.27. The zero-order valence-electron chi connectivity index (χ0n) is 7.91. The van der Waals surface area contributed by atoms with Crippen molar-refractivity contribution in [2.24, 2.45) is 0 Å². The van der Waals surface area contributed by atoms with Crippen molar-refractivity contribution in [2.75, 3.05) is 0 Å². The number of fused-ring (bicyclic) bond motifs is 1. The van der Waals surface area contributed by atoms with E-state index in [4.69, 9.17) is 0 Å². The van der Waals surface area contributed by atoms with Gasteiger partial charge in [0.05, 0.1) is 11.2 Å². The Hall–Kier alpha value is -1.44. The lowest BCUT2D eigenvalue weighted by Gasteiger charge is -2.02. The quantitative estimate of drug-likeness (QED) is 0.660. The molecule has 0 bridgehead atoms. The molecule has 66 valence electrons.